The molecule has 1 aromatic carbocycles. The number of halogens is 3. The molecule has 0 spiro atoms. The molecule has 0 saturated carbocycles. The third kappa shape index (κ3) is 3.25. The summed E-state index contributed by atoms with van der Waals surface area (Å²) < 4.78 is 13.5. The van der Waals surface area contributed by atoms with E-state index in [1.165, 1.54) is 12.1 Å². The number of likely N-dealkylation sites (N-methyl/N-ethyl adjacent to an activating group) is 1. The molecule has 2 rings (SSSR count). The highest BCUT2D eigenvalue weighted by Crippen LogP contribution is 2.32. The second-order valence-corrected chi connectivity index (χ2v) is 5.94. The summed E-state index contributed by atoms with van der Waals surface area (Å²) in [6.45, 7) is 2.52. The molecule has 1 aliphatic rings. The Kier molecular flexibility index (Phi) is 4.89. The number of benzene rings is 1. The van der Waals surface area contributed by atoms with Crippen LogP contribution in [0, 0.1) is 5.82 Å². The van der Waals surface area contributed by atoms with E-state index in [9.17, 15) is 9.18 Å². The van der Waals surface area contributed by atoms with Crippen molar-refractivity contribution >= 4 is 29.1 Å². The molecule has 1 aromatic rings. The smallest absolute Gasteiger partial charge is 0.222 e. The van der Waals surface area contributed by atoms with Gasteiger partial charge in [0.05, 0.1) is 5.02 Å². The first-order valence-electron chi connectivity index (χ1n) is 6.53. The zero-order valence-electron chi connectivity index (χ0n) is 11.4. The lowest BCUT2D eigenvalue weighted by atomic mass is 10.0. The standard InChI is InChI=1S/C14H17Cl2FN2O/c1-8(13-10(15)4-5-11(17)14(13)16)18-9-3-6-12(20)19(2)7-9/h4-5,8-9,18H,3,6-7H2,1-2H3. The fourth-order valence-corrected chi connectivity index (χ4v) is 3.22. The third-order valence-corrected chi connectivity index (χ3v) is 4.34. The summed E-state index contributed by atoms with van der Waals surface area (Å²) in [5.41, 5.74) is 0.563. The molecule has 20 heavy (non-hydrogen) atoms. The number of amides is 1. The topological polar surface area (TPSA) is 32.3 Å². The van der Waals surface area contributed by atoms with Crippen molar-refractivity contribution in [1.29, 1.82) is 0 Å². The van der Waals surface area contributed by atoms with Crippen LogP contribution in [-0.4, -0.2) is 30.4 Å². The molecule has 1 aliphatic heterocycles. The van der Waals surface area contributed by atoms with Crippen LogP contribution in [0.2, 0.25) is 10.0 Å². The molecule has 2 atom stereocenters. The number of carbonyl (C=O) groups is 1. The van der Waals surface area contributed by atoms with Gasteiger partial charge in [0, 0.05) is 42.7 Å². The van der Waals surface area contributed by atoms with E-state index < -0.39 is 5.82 Å². The maximum absolute atomic E-state index is 13.5. The van der Waals surface area contributed by atoms with E-state index in [1.54, 1.807) is 11.9 Å². The zero-order chi connectivity index (χ0) is 14.9. The number of hydrogen-bond donors (Lipinski definition) is 1. The van der Waals surface area contributed by atoms with Crippen molar-refractivity contribution < 1.29 is 9.18 Å². The minimum Gasteiger partial charge on any atom is -0.344 e. The predicted molar refractivity (Wildman–Crippen MR) is 78.6 cm³/mol. The molecule has 1 heterocycles. The lowest BCUT2D eigenvalue weighted by molar-refractivity contribution is -0.132. The van der Waals surface area contributed by atoms with Gasteiger partial charge in [-0.25, -0.2) is 4.39 Å². The van der Waals surface area contributed by atoms with Gasteiger partial charge >= 0.3 is 0 Å². The first-order chi connectivity index (χ1) is 9.40. The van der Waals surface area contributed by atoms with E-state index in [0.29, 0.717) is 23.6 Å². The number of rotatable bonds is 3. The molecular formula is C14H17Cl2FN2O. The molecule has 6 heteroatoms. The van der Waals surface area contributed by atoms with Crippen LogP contribution < -0.4 is 5.32 Å². The second-order valence-electron chi connectivity index (χ2n) is 5.16. The maximum atomic E-state index is 13.5. The van der Waals surface area contributed by atoms with Crippen molar-refractivity contribution in [2.75, 3.05) is 13.6 Å². The zero-order valence-corrected chi connectivity index (χ0v) is 12.9. The molecule has 3 nitrogen and oxygen atoms in total. The van der Waals surface area contributed by atoms with Crippen LogP contribution >= 0.6 is 23.2 Å². The predicted octanol–water partition coefficient (Wildman–Crippen LogP) is 3.40. The summed E-state index contributed by atoms with van der Waals surface area (Å²) >= 11 is 12.1. The molecule has 0 aliphatic carbocycles. The quantitative estimate of drug-likeness (QED) is 0.866. The van der Waals surface area contributed by atoms with Crippen LogP contribution in [-0.2, 0) is 4.79 Å². The average Bonchev–Trinajstić information content (AvgIpc) is 2.39. The van der Waals surface area contributed by atoms with E-state index in [1.807, 2.05) is 6.92 Å². The van der Waals surface area contributed by atoms with Gasteiger partial charge < -0.3 is 10.2 Å². The fourth-order valence-electron chi connectivity index (χ4n) is 2.52. The Bertz CT molecular complexity index is 524. The Balaban J connectivity index is 2.11. The van der Waals surface area contributed by atoms with Gasteiger partial charge in [0.25, 0.3) is 0 Å². The van der Waals surface area contributed by atoms with Crippen LogP contribution in [0.5, 0.6) is 0 Å². The van der Waals surface area contributed by atoms with Crippen molar-refractivity contribution in [3.63, 3.8) is 0 Å². The SMILES string of the molecule is CC(NC1CCC(=O)N(C)C1)c1c(Cl)ccc(F)c1Cl. The molecule has 1 fully saturated rings. The van der Waals surface area contributed by atoms with Crippen molar-refractivity contribution in [2.45, 2.75) is 31.8 Å². The van der Waals surface area contributed by atoms with Crippen LogP contribution in [0.3, 0.4) is 0 Å². The Morgan fingerprint density at radius 1 is 1.45 bits per heavy atom. The van der Waals surface area contributed by atoms with E-state index in [0.717, 1.165) is 6.42 Å². The first kappa shape index (κ1) is 15.5. The maximum Gasteiger partial charge on any atom is 0.222 e. The van der Waals surface area contributed by atoms with Gasteiger partial charge in [-0.3, -0.25) is 4.79 Å². The molecule has 110 valence electrons. The Morgan fingerprint density at radius 2 is 2.15 bits per heavy atom. The minimum absolute atomic E-state index is 0.0535. The van der Waals surface area contributed by atoms with Crippen molar-refractivity contribution in [3.05, 3.63) is 33.6 Å². The summed E-state index contributed by atoms with van der Waals surface area (Å²) in [4.78, 5) is 13.2. The van der Waals surface area contributed by atoms with Crippen LogP contribution in [0.25, 0.3) is 0 Å². The minimum atomic E-state index is -0.476. The van der Waals surface area contributed by atoms with Gasteiger partial charge in [-0.15, -0.1) is 0 Å². The summed E-state index contributed by atoms with van der Waals surface area (Å²) in [5, 5.41) is 3.86. The average molecular weight is 319 g/mol. The molecule has 0 bridgehead atoms. The van der Waals surface area contributed by atoms with Gasteiger partial charge in [-0.1, -0.05) is 23.2 Å². The van der Waals surface area contributed by atoms with Gasteiger partial charge in [0.15, 0.2) is 0 Å². The highest BCUT2D eigenvalue weighted by molar-refractivity contribution is 6.36. The highest BCUT2D eigenvalue weighted by atomic mass is 35.5. The van der Waals surface area contributed by atoms with Gasteiger partial charge in [-0.2, -0.15) is 0 Å². The number of carbonyl (C=O) groups excluding carboxylic acids is 1. The lowest BCUT2D eigenvalue weighted by Crippen LogP contribution is -2.47. The van der Waals surface area contributed by atoms with Crippen molar-refractivity contribution in [2.24, 2.45) is 0 Å². The molecular weight excluding hydrogens is 302 g/mol. The van der Waals surface area contributed by atoms with E-state index in [4.69, 9.17) is 23.2 Å². The largest absolute Gasteiger partial charge is 0.344 e. The normalized spacial score (nSPS) is 21.1. The summed E-state index contributed by atoms with van der Waals surface area (Å²) in [7, 11) is 1.78. The Morgan fingerprint density at radius 3 is 2.80 bits per heavy atom. The monoisotopic (exact) mass is 318 g/mol. The van der Waals surface area contributed by atoms with Crippen molar-refractivity contribution in [1.82, 2.24) is 10.2 Å². The van der Waals surface area contributed by atoms with E-state index in [2.05, 4.69) is 5.32 Å². The van der Waals surface area contributed by atoms with Crippen LogP contribution in [0.15, 0.2) is 12.1 Å². The summed E-state index contributed by atoms with van der Waals surface area (Å²) in [6.07, 6.45) is 1.28. The third-order valence-electron chi connectivity index (χ3n) is 3.62. The van der Waals surface area contributed by atoms with Gasteiger partial charge in [0.1, 0.15) is 5.82 Å². The van der Waals surface area contributed by atoms with Crippen molar-refractivity contribution in [3.8, 4) is 0 Å². The lowest BCUT2D eigenvalue weighted by Gasteiger charge is -2.32. The van der Waals surface area contributed by atoms with Gasteiger partial charge in [-0.05, 0) is 25.5 Å². The second kappa shape index (κ2) is 6.29. The van der Waals surface area contributed by atoms with E-state index in [-0.39, 0.29) is 23.0 Å². The molecule has 2 unspecified atom stereocenters. The highest BCUT2D eigenvalue weighted by Gasteiger charge is 2.25. The number of nitrogens with zero attached hydrogens (tertiary/aromatic N) is 1. The Hall–Kier alpha value is -0.840. The molecule has 1 saturated heterocycles. The summed E-state index contributed by atoms with van der Waals surface area (Å²) in [5.74, 6) is -0.326. The van der Waals surface area contributed by atoms with Crippen LogP contribution in [0.4, 0.5) is 4.39 Å². The number of piperidine rings is 1. The number of nitrogens with one attached hydrogen (secondary N) is 1. The molecule has 1 amide bonds. The Labute approximate surface area is 128 Å². The van der Waals surface area contributed by atoms with Gasteiger partial charge in [0.2, 0.25) is 5.91 Å². The van der Waals surface area contributed by atoms with E-state index >= 15 is 0 Å². The molecule has 0 aromatic heterocycles. The fraction of sp³-hybridized carbons (Fsp3) is 0.500. The van der Waals surface area contributed by atoms with Crippen LogP contribution in [0.1, 0.15) is 31.4 Å². The summed E-state index contributed by atoms with van der Waals surface area (Å²) in [6, 6.07) is 2.74. The first-order valence-corrected chi connectivity index (χ1v) is 7.29. The number of likely N-dealkylation sites (tertiary alicyclic amines) is 1. The molecule has 1 N–H and O–H groups in total. The number of hydrogen-bond acceptors (Lipinski definition) is 2. The molecule has 0 radical (unpaired) electrons.